The molecule has 0 aromatic heterocycles. The highest BCUT2D eigenvalue weighted by Crippen LogP contribution is 1.94. The molecule has 0 atom stereocenters. The maximum absolute atomic E-state index is 8.49. The van der Waals surface area contributed by atoms with Crippen molar-refractivity contribution in [2.45, 2.75) is 6.42 Å². The van der Waals surface area contributed by atoms with Gasteiger partial charge < -0.3 is 19.9 Å². The molecule has 96 valence electrons. The van der Waals surface area contributed by atoms with Gasteiger partial charge in [0.15, 0.2) is 0 Å². The molecule has 1 saturated heterocycles. The van der Waals surface area contributed by atoms with Crippen molar-refractivity contribution in [1.29, 1.82) is 0 Å². The first-order valence-corrected chi connectivity index (χ1v) is 6.13. The number of aliphatic hydroxyl groups excluding tert-OH is 1. The van der Waals surface area contributed by atoms with Gasteiger partial charge in [-0.05, 0) is 13.0 Å². The number of hydrogen-bond donors (Lipinski definition) is 2. The highest BCUT2D eigenvalue weighted by atomic mass is 16.5. The van der Waals surface area contributed by atoms with Crippen molar-refractivity contribution in [2.75, 3.05) is 65.8 Å². The smallest absolute Gasteiger partial charge is 0.0697 e. The van der Waals surface area contributed by atoms with Gasteiger partial charge in [0.1, 0.15) is 0 Å². The maximum Gasteiger partial charge on any atom is 0.0697 e. The van der Waals surface area contributed by atoms with Gasteiger partial charge in [0, 0.05) is 32.8 Å². The molecule has 0 bridgehead atoms. The lowest BCUT2D eigenvalue weighted by Crippen LogP contribution is -2.40. The molecule has 1 aliphatic rings. The van der Waals surface area contributed by atoms with E-state index in [1.165, 1.54) is 0 Å². The Hall–Kier alpha value is -0.200. The van der Waals surface area contributed by atoms with Gasteiger partial charge in [-0.2, -0.15) is 0 Å². The number of rotatable bonds is 9. The van der Waals surface area contributed by atoms with Gasteiger partial charge in [-0.3, -0.25) is 4.90 Å². The van der Waals surface area contributed by atoms with Gasteiger partial charge in [0.2, 0.25) is 0 Å². The van der Waals surface area contributed by atoms with Crippen LogP contribution in [0.2, 0.25) is 0 Å². The Morgan fingerprint density at radius 2 is 2.00 bits per heavy atom. The second-order valence-corrected chi connectivity index (χ2v) is 3.89. The molecular formula is C11H24N2O3. The summed E-state index contributed by atoms with van der Waals surface area (Å²) in [7, 11) is 0. The predicted octanol–water partition coefficient (Wildman–Crippen LogP) is -0.693. The minimum absolute atomic E-state index is 0.116. The molecule has 0 aromatic rings. The number of nitrogens with zero attached hydrogens (tertiary/aromatic N) is 1. The normalized spacial score (nSPS) is 17.8. The van der Waals surface area contributed by atoms with Crippen LogP contribution >= 0.6 is 0 Å². The average molecular weight is 232 g/mol. The van der Waals surface area contributed by atoms with E-state index in [2.05, 4.69) is 10.2 Å². The monoisotopic (exact) mass is 232 g/mol. The molecule has 1 fully saturated rings. The molecule has 1 aliphatic heterocycles. The van der Waals surface area contributed by atoms with Gasteiger partial charge in [-0.1, -0.05) is 0 Å². The summed E-state index contributed by atoms with van der Waals surface area (Å²) >= 11 is 0. The Labute approximate surface area is 97.7 Å². The molecule has 0 saturated carbocycles. The van der Waals surface area contributed by atoms with Crippen LogP contribution in [-0.4, -0.2) is 75.8 Å². The summed E-state index contributed by atoms with van der Waals surface area (Å²) in [6.45, 7) is 8.26. The van der Waals surface area contributed by atoms with Crippen LogP contribution in [-0.2, 0) is 9.47 Å². The second kappa shape index (κ2) is 9.99. The zero-order valence-corrected chi connectivity index (χ0v) is 9.99. The quantitative estimate of drug-likeness (QED) is 0.515. The first kappa shape index (κ1) is 13.9. The zero-order valence-electron chi connectivity index (χ0n) is 9.99. The molecule has 5 heteroatoms. The lowest BCUT2D eigenvalue weighted by molar-refractivity contribution is 0.0383. The summed E-state index contributed by atoms with van der Waals surface area (Å²) in [5.74, 6) is 0. The van der Waals surface area contributed by atoms with Gasteiger partial charge in [-0.25, -0.2) is 0 Å². The van der Waals surface area contributed by atoms with E-state index in [0.29, 0.717) is 6.61 Å². The largest absolute Gasteiger partial charge is 0.394 e. The van der Waals surface area contributed by atoms with Crippen molar-refractivity contribution in [3.63, 3.8) is 0 Å². The molecule has 0 amide bonds. The van der Waals surface area contributed by atoms with Crippen LogP contribution in [0.5, 0.6) is 0 Å². The number of aliphatic hydroxyl groups is 1. The summed E-state index contributed by atoms with van der Waals surface area (Å²) in [5.41, 5.74) is 0. The molecule has 0 spiro atoms. The topological polar surface area (TPSA) is 54.0 Å². The highest BCUT2D eigenvalue weighted by molar-refractivity contribution is 4.62. The number of hydrogen-bond acceptors (Lipinski definition) is 5. The molecular weight excluding hydrogens is 208 g/mol. The van der Waals surface area contributed by atoms with Gasteiger partial charge in [0.25, 0.3) is 0 Å². The predicted molar refractivity (Wildman–Crippen MR) is 62.7 cm³/mol. The lowest BCUT2D eigenvalue weighted by Gasteiger charge is -2.26. The Kier molecular flexibility index (Phi) is 8.65. The Morgan fingerprint density at radius 3 is 2.75 bits per heavy atom. The van der Waals surface area contributed by atoms with Crippen LogP contribution in [0.4, 0.5) is 0 Å². The molecule has 2 N–H and O–H groups in total. The number of morpholine rings is 1. The first-order valence-electron chi connectivity index (χ1n) is 6.13. The van der Waals surface area contributed by atoms with Crippen LogP contribution < -0.4 is 5.32 Å². The fraction of sp³-hybridized carbons (Fsp3) is 1.00. The van der Waals surface area contributed by atoms with Crippen molar-refractivity contribution in [2.24, 2.45) is 0 Å². The van der Waals surface area contributed by atoms with Crippen LogP contribution in [0.25, 0.3) is 0 Å². The summed E-state index contributed by atoms with van der Waals surface area (Å²) in [4.78, 5) is 2.42. The fourth-order valence-electron chi connectivity index (χ4n) is 1.65. The maximum atomic E-state index is 8.49. The molecule has 1 heterocycles. The third kappa shape index (κ3) is 7.14. The highest BCUT2D eigenvalue weighted by Gasteiger charge is 2.08. The van der Waals surface area contributed by atoms with Crippen LogP contribution in [0.15, 0.2) is 0 Å². The number of nitrogens with one attached hydrogen (secondary N) is 1. The van der Waals surface area contributed by atoms with Crippen LogP contribution in [0, 0.1) is 0 Å². The van der Waals surface area contributed by atoms with E-state index in [1.807, 2.05) is 0 Å². The molecule has 5 nitrogen and oxygen atoms in total. The Balaban J connectivity index is 1.77. The van der Waals surface area contributed by atoms with E-state index in [1.54, 1.807) is 0 Å². The Bertz CT molecular complexity index is 152. The lowest BCUT2D eigenvalue weighted by atomic mass is 10.4. The summed E-state index contributed by atoms with van der Waals surface area (Å²) in [6.07, 6.45) is 1.00. The van der Waals surface area contributed by atoms with E-state index >= 15 is 0 Å². The summed E-state index contributed by atoms with van der Waals surface area (Å²) in [5, 5.41) is 11.9. The molecule has 0 radical (unpaired) electrons. The molecule has 0 unspecified atom stereocenters. The van der Waals surface area contributed by atoms with Gasteiger partial charge >= 0.3 is 0 Å². The van der Waals surface area contributed by atoms with Crippen LogP contribution in [0.1, 0.15) is 6.42 Å². The van der Waals surface area contributed by atoms with Gasteiger partial charge in [0.05, 0.1) is 26.4 Å². The SMILES string of the molecule is OCCOCCCNCCN1CCOCC1. The van der Waals surface area contributed by atoms with Crippen LogP contribution in [0.3, 0.4) is 0 Å². The molecule has 16 heavy (non-hydrogen) atoms. The van der Waals surface area contributed by atoms with Crippen molar-refractivity contribution in [3.8, 4) is 0 Å². The van der Waals surface area contributed by atoms with E-state index in [9.17, 15) is 0 Å². The fourth-order valence-corrected chi connectivity index (χ4v) is 1.65. The first-order chi connectivity index (χ1) is 7.93. The summed E-state index contributed by atoms with van der Waals surface area (Å²) in [6, 6.07) is 0. The third-order valence-electron chi connectivity index (χ3n) is 2.59. The average Bonchev–Trinajstić information content (AvgIpc) is 2.34. The minimum Gasteiger partial charge on any atom is -0.394 e. The van der Waals surface area contributed by atoms with E-state index in [-0.39, 0.29) is 6.61 Å². The van der Waals surface area contributed by atoms with E-state index in [0.717, 1.165) is 59.0 Å². The number of ether oxygens (including phenoxy) is 2. The van der Waals surface area contributed by atoms with Crippen molar-refractivity contribution >= 4 is 0 Å². The zero-order chi connectivity index (χ0) is 11.5. The molecule has 1 rings (SSSR count). The van der Waals surface area contributed by atoms with Crippen molar-refractivity contribution < 1.29 is 14.6 Å². The minimum atomic E-state index is 0.116. The summed E-state index contributed by atoms with van der Waals surface area (Å²) < 4.78 is 10.4. The van der Waals surface area contributed by atoms with Crippen molar-refractivity contribution in [3.05, 3.63) is 0 Å². The second-order valence-electron chi connectivity index (χ2n) is 3.89. The third-order valence-corrected chi connectivity index (χ3v) is 2.59. The molecule has 0 aliphatic carbocycles. The van der Waals surface area contributed by atoms with E-state index < -0.39 is 0 Å². The molecule has 0 aromatic carbocycles. The Morgan fingerprint density at radius 1 is 1.19 bits per heavy atom. The van der Waals surface area contributed by atoms with E-state index in [4.69, 9.17) is 14.6 Å². The van der Waals surface area contributed by atoms with Crippen molar-refractivity contribution in [1.82, 2.24) is 10.2 Å². The standard InChI is InChI=1S/C11H24N2O3/c14-7-11-15-8-1-2-12-3-4-13-5-9-16-10-6-13/h12,14H,1-11H2. The van der Waals surface area contributed by atoms with Gasteiger partial charge in [-0.15, -0.1) is 0 Å².